The monoisotopic (exact) mass is 233 g/mol. The molecule has 0 fully saturated rings. The van der Waals surface area contributed by atoms with Crippen LogP contribution in [0.25, 0.3) is 0 Å². The summed E-state index contributed by atoms with van der Waals surface area (Å²) in [7, 11) is 0. The fraction of sp³-hybridized carbons (Fsp3) is 0.800. The molecule has 0 bridgehead atoms. The molecular weight excluding hydrogens is 214 g/mol. The lowest BCUT2D eigenvalue weighted by Crippen LogP contribution is -2.29. The molecule has 4 nitrogen and oxygen atoms in total. The van der Waals surface area contributed by atoms with Gasteiger partial charge in [0, 0.05) is 0 Å². The van der Waals surface area contributed by atoms with Crippen molar-refractivity contribution in [1.29, 1.82) is 0 Å². The number of carboxylic acid groups (broad SMARTS) is 1. The van der Waals surface area contributed by atoms with Crippen LogP contribution in [-0.4, -0.2) is 27.5 Å². The molecule has 0 saturated heterocycles. The van der Waals surface area contributed by atoms with Crippen molar-refractivity contribution in [1.82, 2.24) is 0 Å². The number of carbonyl (C=O) groups is 2. The first-order valence-electron chi connectivity index (χ1n) is 5.20. The van der Waals surface area contributed by atoms with Crippen molar-refractivity contribution in [2.45, 2.75) is 50.0 Å². The topological polar surface area (TPSA) is 80.4 Å². The Balaban J connectivity index is 4.25. The summed E-state index contributed by atoms with van der Waals surface area (Å²) < 4.78 is 0. The summed E-state index contributed by atoms with van der Waals surface area (Å²) in [4.78, 5) is 21.9. The normalized spacial score (nSPS) is 14.5. The van der Waals surface area contributed by atoms with E-state index in [0.29, 0.717) is 12.8 Å². The summed E-state index contributed by atoms with van der Waals surface area (Å²) in [6, 6.07) is 0. The summed E-state index contributed by atoms with van der Waals surface area (Å²) in [5, 5.41) is 8.06. The van der Waals surface area contributed by atoms with Crippen LogP contribution in [-0.2, 0) is 9.59 Å². The molecule has 0 rings (SSSR count). The first kappa shape index (κ1) is 14.3. The Morgan fingerprint density at radius 2 is 1.93 bits per heavy atom. The van der Waals surface area contributed by atoms with Crippen LogP contribution in [0.1, 0.15) is 39.5 Å². The molecule has 0 aromatic rings. The van der Waals surface area contributed by atoms with Gasteiger partial charge in [-0.1, -0.05) is 26.7 Å². The molecule has 5 heteroatoms. The van der Waals surface area contributed by atoms with Crippen molar-refractivity contribution in [3.8, 4) is 0 Å². The number of hydrogen-bond acceptors (Lipinski definition) is 3. The second-order valence-corrected chi connectivity index (χ2v) is 4.81. The number of primary amides is 1. The Morgan fingerprint density at radius 3 is 2.27 bits per heavy atom. The van der Waals surface area contributed by atoms with Crippen molar-refractivity contribution in [2.75, 3.05) is 0 Å². The van der Waals surface area contributed by atoms with E-state index in [1.54, 1.807) is 0 Å². The summed E-state index contributed by atoms with van der Waals surface area (Å²) in [5.74, 6) is -1.28. The minimum atomic E-state index is -0.854. The highest BCUT2D eigenvalue weighted by atomic mass is 32.2. The van der Waals surface area contributed by atoms with Crippen molar-refractivity contribution in [3.05, 3.63) is 0 Å². The predicted octanol–water partition coefficient (Wildman–Crippen LogP) is 1.63. The molecule has 1 amide bonds. The second kappa shape index (κ2) is 7.56. The number of carbonyl (C=O) groups excluding carboxylic acids is 1. The average Bonchev–Trinajstić information content (AvgIpc) is 2.17. The summed E-state index contributed by atoms with van der Waals surface area (Å²) in [6.45, 7) is 3.84. The lowest BCUT2D eigenvalue weighted by Gasteiger charge is -2.16. The predicted molar refractivity (Wildman–Crippen MR) is 61.8 cm³/mol. The Morgan fingerprint density at radius 1 is 1.33 bits per heavy atom. The number of aliphatic carboxylic acids is 1. The number of thioether (sulfide) groups is 1. The lowest BCUT2D eigenvalue weighted by atomic mass is 10.2. The van der Waals surface area contributed by atoms with Gasteiger partial charge in [0.05, 0.1) is 5.25 Å². The van der Waals surface area contributed by atoms with Crippen LogP contribution >= 0.6 is 11.8 Å². The molecule has 0 aromatic heterocycles. The molecule has 0 spiro atoms. The van der Waals surface area contributed by atoms with Crippen molar-refractivity contribution < 1.29 is 14.7 Å². The van der Waals surface area contributed by atoms with E-state index >= 15 is 0 Å². The Bertz CT molecular complexity index is 221. The Kier molecular flexibility index (Phi) is 7.21. The van der Waals surface area contributed by atoms with Crippen LogP contribution < -0.4 is 5.73 Å². The van der Waals surface area contributed by atoms with Crippen LogP contribution in [0.2, 0.25) is 0 Å². The van der Waals surface area contributed by atoms with E-state index in [1.807, 2.05) is 13.8 Å². The lowest BCUT2D eigenvalue weighted by molar-refractivity contribution is -0.136. The van der Waals surface area contributed by atoms with Crippen LogP contribution in [0, 0.1) is 0 Å². The number of amides is 1. The van der Waals surface area contributed by atoms with Gasteiger partial charge in [-0.05, 0) is 12.8 Å². The Hall–Kier alpha value is -0.710. The maximum Gasteiger partial charge on any atom is 0.316 e. The van der Waals surface area contributed by atoms with Gasteiger partial charge < -0.3 is 10.8 Å². The first-order chi connectivity index (χ1) is 7.02. The zero-order valence-corrected chi connectivity index (χ0v) is 10.0. The number of unbranched alkanes of at least 4 members (excludes halogenated alkanes) is 1. The highest BCUT2D eigenvalue weighted by Gasteiger charge is 2.24. The molecule has 2 atom stereocenters. The largest absolute Gasteiger partial charge is 0.480 e. The minimum absolute atomic E-state index is 0.386. The fourth-order valence-electron chi connectivity index (χ4n) is 1.20. The van der Waals surface area contributed by atoms with Crippen LogP contribution in [0.4, 0.5) is 0 Å². The van der Waals surface area contributed by atoms with Crippen molar-refractivity contribution >= 4 is 23.6 Å². The molecule has 0 aliphatic rings. The van der Waals surface area contributed by atoms with Gasteiger partial charge in [-0.25, -0.2) is 0 Å². The van der Waals surface area contributed by atoms with Gasteiger partial charge in [0.25, 0.3) is 0 Å². The maximum absolute atomic E-state index is 11.0. The third-order valence-electron chi connectivity index (χ3n) is 2.11. The molecule has 88 valence electrons. The smallest absolute Gasteiger partial charge is 0.316 e. The average molecular weight is 233 g/mol. The molecular formula is C10H19NO3S. The van der Waals surface area contributed by atoms with E-state index in [1.165, 1.54) is 11.8 Å². The van der Waals surface area contributed by atoms with Gasteiger partial charge in [-0.2, -0.15) is 0 Å². The van der Waals surface area contributed by atoms with Gasteiger partial charge in [0.15, 0.2) is 0 Å². The van der Waals surface area contributed by atoms with E-state index < -0.39 is 17.1 Å². The molecule has 0 heterocycles. The second-order valence-electron chi connectivity index (χ2n) is 3.40. The van der Waals surface area contributed by atoms with Gasteiger partial charge in [0.1, 0.15) is 5.25 Å². The van der Waals surface area contributed by atoms with E-state index in [9.17, 15) is 9.59 Å². The van der Waals surface area contributed by atoms with Crippen LogP contribution in [0.5, 0.6) is 0 Å². The molecule has 0 radical (unpaired) electrons. The van der Waals surface area contributed by atoms with Gasteiger partial charge >= 0.3 is 5.97 Å². The molecule has 0 aromatic carbocycles. The molecule has 15 heavy (non-hydrogen) atoms. The third-order valence-corrected chi connectivity index (χ3v) is 3.77. The molecule has 0 unspecified atom stereocenters. The highest BCUT2D eigenvalue weighted by molar-refractivity contribution is 8.01. The Labute approximate surface area is 94.6 Å². The van der Waals surface area contributed by atoms with E-state index in [-0.39, 0.29) is 5.25 Å². The van der Waals surface area contributed by atoms with Crippen molar-refractivity contribution in [3.63, 3.8) is 0 Å². The molecule has 0 aliphatic heterocycles. The van der Waals surface area contributed by atoms with Crippen LogP contribution in [0.15, 0.2) is 0 Å². The summed E-state index contributed by atoms with van der Waals surface area (Å²) in [5.41, 5.74) is 5.17. The first-order valence-corrected chi connectivity index (χ1v) is 6.14. The van der Waals surface area contributed by atoms with Crippen LogP contribution in [0.3, 0.4) is 0 Å². The number of rotatable bonds is 8. The zero-order chi connectivity index (χ0) is 11.8. The van der Waals surface area contributed by atoms with Gasteiger partial charge in [-0.15, -0.1) is 11.8 Å². The SMILES string of the molecule is CCCC[C@H](S[C@@H](CC)C(N)=O)C(=O)O. The number of hydrogen-bond donors (Lipinski definition) is 2. The van der Waals surface area contributed by atoms with E-state index in [0.717, 1.165) is 12.8 Å². The molecule has 3 N–H and O–H groups in total. The third kappa shape index (κ3) is 5.67. The minimum Gasteiger partial charge on any atom is -0.480 e. The highest BCUT2D eigenvalue weighted by Crippen LogP contribution is 2.24. The maximum atomic E-state index is 11.0. The standard InChI is InChI=1S/C10H19NO3S/c1-3-5-6-8(10(13)14)15-7(4-2)9(11)12/h7-8H,3-6H2,1-2H3,(H2,11,12)(H,13,14)/t7-,8-/m0/s1. The summed E-state index contributed by atoms with van der Waals surface area (Å²) >= 11 is 1.17. The van der Waals surface area contributed by atoms with Crippen molar-refractivity contribution in [2.24, 2.45) is 5.73 Å². The zero-order valence-electron chi connectivity index (χ0n) is 9.23. The van der Waals surface area contributed by atoms with Gasteiger partial charge in [0.2, 0.25) is 5.91 Å². The summed E-state index contributed by atoms with van der Waals surface area (Å²) in [6.07, 6.45) is 2.99. The molecule has 0 saturated carbocycles. The van der Waals surface area contributed by atoms with E-state index in [4.69, 9.17) is 10.8 Å². The van der Waals surface area contributed by atoms with E-state index in [2.05, 4.69) is 0 Å². The number of carboxylic acids is 1. The fourth-order valence-corrected chi connectivity index (χ4v) is 2.34. The van der Waals surface area contributed by atoms with Gasteiger partial charge in [-0.3, -0.25) is 9.59 Å². The quantitative estimate of drug-likeness (QED) is 0.667. The number of nitrogens with two attached hydrogens (primary N) is 1. The molecule has 0 aliphatic carbocycles.